The fourth-order valence-electron chi connectivity index (χ4n) is 3.35. The first-order valence-electron chi connectivity index (χ1n) is 9.44. The van der Waals surface area contributed by atoms with Crippen molar-refractivity contribution in [1.29, 1.82) is 0 Å². The predicted molar refractivity (Wildman–Crippen MR) is 104 cm³/mol. The third-order valence-corrected chi connectivity index (χ3v) is 4.74. The fourth-order valence-corrected chi connectivity index (χ4v) is 3.35. The minimum absolute atomic E-state index is 0.264. The first kappa shape index (κ1) is 18.1. The standard InChI is InChI=1S/C19H23N7O2/c1-3-28-19(27)25-11-9-24(10-12-25)17-16-18(21-14(2)20-17)26(23-22-16)13-15-7-5-4-6-8-15/h4-8H,3,9-13H2,1-2H3. The summed E-state index contributed by atoms with van der Waals surface area (Å²) in [5.74, 6) is 1.44. The molecule has 4 rings (SSSR count). The lowest BCUT2D eigenvalue weighted by Crippen LogP contribution is -2.49. The van der Waals surface area contributed by atoms with Crippen LogP contribution in [0.1, 0.15) is 18.3 Å². The number of hydrogen-bond donors (Lipinski definition) is 0. The van der Waals surface area contributed by atoms with Crippen molar-refractivity contribution in [2.24, 2.45) is 0 Å². The van der Waals surface area contributed by atoms with Crippen LogP contribution in [0.5, 0.6) is 0 Å². The lowest BCUT2D eigenvalue weighted by molar-refractivity contribution is 0.105. The Morgan fingerprint density at radius 2 is 1.86 bits per heavy atom. The SMILES string of the molecule is CCOC(=O)N1CCN(c2nc(C)nc3c2nnn3Cc2ccccc2)CC1. The molecular formula is C19H23N7O2. The highest BCUT2D eigenvalue weighted by Gasteiger charge is 2.25. The Kier molecular flexibility index (Phi) is 5.05. The van der Waals surface area contributed by atoms with Crippen LogP contribution >= 0.6 is 0 Å². The summed E-state index contributed by atoms with van der Waals surface area (Å²) in [6, 6.07) is 10.1. The van der Waals surface area contributed by atoms with Crippen LogP contribution in [0.15, 0.2) is 30.3 Å². The summed E-state index contributed by atoms with van der Waals surface area (Å²) in [6.45, 7) is 7.17. The van der Waals surface area contributed by atoms with Crippen molar-refractivity contribution in [3.05, 3.63) is 41.7 Å². The number of rotatable bonds is 4. The molecule has 3 aromatic rings. The maximum absolute atomic E-state index is 11.9. The highest BCUT2D eigenvalue weighted by Crippen LogP contribution is 2.23. The molecule has 1 aliphatic rings. The number of benzene rings is 1. The lowest BCUT2D eigenvalue weighted by atomic mass is 10.2. The zero-order valence-corrected chi connectivity index (χ0v) is 16.1. The summed E-state index contributed by atoms with van der Waals surface area (Å²) < 4.78 is 6.89. The Labute approximate surface area is 162 Å². The Hall–Kier alpha value is -3.23. The summed E-state index contributed by atoms with van der Waals surface area (Å²) in [6.07, 6.45) is -0.264. The van der Waals surface area contributed by atoms with Crippen molar-refractivity contribution in [2.45, 2.75) is 20.4 Å². The van der Waals surface area contributed by atoms with Crippen LogP contribution in [0, 0.1) is 6.92 Å². The van der Waals surface area contributed by atoms with E-state index in [-0.39, 0.29) is 6.09 Å². The van der Waals surface area contributed by atoms with Crippen molar-refractivity contribution in [1.82, 2.24) is 29.9 Å². The molecule has 1 saturated heterocycles. The number of amides is 1. The van der Waals surface area contributed by atoms with Crippen molar-refractivity contribution in [3.8, 4) is 0 Å². The van der Waals surface area contributed by atoms with Gasteiger partial charge < -0.3 is 14.5 Å². The number of hydrogen-bond acceptors (Lipinski definition) is 7. The van der Waals surface area contributed by atoms with Crippen LogP contribution in [-0.4, -0.2) is 68.7 Å². The highest BCUT2D eigenvalue weighted by atomic mass is 16.6. The zero-order valence-electron chi connectivity index (χ0n) is 16.1. The van der Waals surface area contributed by atoms with Crippen molar-refractivity contribution in [3.63, 3.8) is 0 Å². The van der Waals surface area contributed by atoms with E-state index in [1.165, 1.54) is 0 Å². The predicted octanol–water partition coefficient (Wildman–Crippen LogP) is 1.86. The molecular weight excluding hydrogens is 358 g/mol. The van der Waals surface area contributed by atoms with Crippen LogP contribution in [0.3, 0.4) is 0 Å². The fraction of sp³-hybridized carbons (Fsp3) is 0.421. The van der Waals surface area contributed by atoms with E-state index in [4.69, 9.17) is 4.74 Å². The molecule has 0 radical (unpaired) electrons. The van der Waals surface area contributed by atoms with E-state index < -0.39 is 0 Å². The second-order valence-electron chi connectivity index (χ2n) is 6.67. The molecule has 0 saturated carbocycles. The van der Waals surface area contributed by atoms with E-state index in [0.717, 1.165) is 17.0 Å². The average molecular weight is 381 g/mol. The van der Waals surface area contributed by atoms with Crippen LogP contribution in [0.2, 0.25) is 0 Å². The van der Waals surface area contributed by atoms with Crippen LogP contribution in [0.25, 0.3) is 11.2 Å². The molecule has 0 N–H and O–H groups in total. The molecule has 28 heavy (non-hydrogen) atoms. The third-order valence-electron chi connectivity index (χ3n) is 4.74. The Balaban J connectivity index is 1.58. The highest BCUT2D eigenvalue weighted by molar-refractivity contribution is 5.83. The summed E-state index contributed by atoms with van der Waals surface area (Å²) >= 11 is 0. The first-order valence-corrected chi connectivity index (χ1v) is 9.44. The first-order chi connectivity index (χ1) is 13.7. The number of aryl methyl sites for hydroxylation is 1. The van der Waals surface area contributed by atoms with Gasteiger partial charge in [0.05, 0.1) is 13.2 Å². The van der Waals surface area contributed by atoms with E-state index >= 15 is 0 Å². The maximum atomic E-state index is 11.9. The topological polar surface area (TPSA) is 89.3 Å². The number of nitrogens with zero attached hydrogens (tertiary/aromatic N) is 7. The molecule has 1 fully saturated rings. The number of fused-ring (bicyclic) bond motifs is 1. The van der Waals surface area contributed by atoms with Crippen LogP contribution in [-0.2, 0) is 11.3 Å². The molecule has 3 heterocycles. The molecule has 9 nitrogen and oxygen atoms in total. The van der Waals surface area contributed by atoms with Gasteiger partial charge in [0.25, 0.3) is 0 Å². The molecule has 0 spiro atoms. The average Bonchev–Trinajstić information content (AvgIpc) is 3.11. The van der Waals surface area contributed by atoms with Crippen molar-refractivity contribution < 1.29 is 9.53 Å². The van der Waals surface area contributed by atoms with E-state index in [0.29, 0.717) is 50.7 Å². The molecule has 1 amide bonds. The quantitative estimate of drug-likeness (QED) is 0.681. The van der Waals surface area contributed by atoms with Crippen molar-refractivity contribution >= 4 is 23.1 Å². The normalized spacial score (nSPS) is 14.5. The smallest absolute Gasteiger partial charge is 0.409 e. The lowest BCUT2D eigenvalue weighted by Gasteiger charge is -2.34. The molecule has 0 unspecified atom stereocenters. The summed E-state index contributed by atoms with van der Waals surface area (Å²) in [4.78, 5) is 25.0. The number of piperazine rings is 1. The van der Waals surface area contributed by atoms with Crippen molar-refractivity contribution in [2.75, 3.05) is 37.7 Å². The van der Waals surface area contributed by atoms with Gasteiger partial charge in [0.15, 0.2) is 17.0 Å². The molecule has 9 heteroatoms. The van der Waals surface area contributed by atoms with Gasteiger partial charge in [-0.05, 0) is 19.4 Å². The maximum Gasteiger partial charge on any atom is 0.409 e. The van der Waals surface area contributed by atoms with E-state index in [2.05, 4.69) is 37.3 Å². The number of aromatic nitrogens is 5. The number of carbonyl (C=O) groups is 1. The van der Waals surface area contributed by atoms with Crippen LogP contribution < -0.4 is 4.90 Å². The van der Waals surface area contributed by atoms with Gasteiger partial charge in [-0.3, -0.25) is 0 Å². The molecule has 0 aliphatic carbocycles. The molecule has 1 aromatic carbocycles. The number of anilines is 1. The molecule has 1 aliphatic heterocycles. The number of carbonyl (C=O) groups excluding carboxylic acids is 1. The van der Waals surface area contributed by atoms with E-state index in [1.54, 1.807) is 9.58 Å². The molecule has 0 atom stereocenters. The summed E-state index contributed by atoms with van der Waals surface area (Å²) in [7, 11) is 0. The van der Waals surface area contributed by atoms with Crippen LogP contribution in [0.4, 0.5) is 10.6 Å². The minimum Gasteiger partial charge on any atom is -0.450 e. The Morgan fingerprint density at radius 1 is 1.11 bits per heavy atom. The Morgan fingerprint density at radius 3 is 2.57 bits per heavy atom. The van der Waals surface area contributed by atoms with Gasteiger partial charge in [-0.1, -0.05) is 35.5 Å². The van der Waals surface area contributed by atoms with Gasteiger partial charge in [-0.15, -0.1) is 5.10 Å². The third kappa shape index (κ3) is 3.60. The number of ether oxygens (including phenoxy) is 1. The van der Waals surface area contributed by atoms with Gasteiger partial charge in [0, 0.05) is 26.2 Å². The summed E-state index contributed by atoms with van der Waals surface area (Å²) in [5, 5.41) is 8.66. The Bertz CT molecular complexity index is 965. The largest absolute Gasteiger partial charge is 0.450 e. The molecule has 2 aromatic heterocycles. The van der Waals surface area contributed by atoms with E-state index in [9.17, 15) is 4.79 Å². The van der Waals surface area contributed by atoms with Gasteiger partial charge in [0.1, 0.15) is 5.82 Å². The van der Waals surface area contributed by atoms with Gasteiger partial charge in [-0.25, -0.2) is 19.4 Å². The second-order valence-corrected chi connectivity index (χ2v) is 6.67. The minimum atomic E-state index is -0.264. The monoisotopic (exact) mass is 381 g/mol. The van der Waals surface area contributed by atoms with Gasteiger partial charge in [-0.2, -0.15) is 0 Å². The zero-order chi connectivity index (χ0) is 19.5. The van der Waals surface area contributed by atoms with Gasteiger partial charge >= 0.3 is 6.09 Å². The van der Waals surface area contributed by atoms with Gasteiger partial charge in [0.2, 0.25) is 0 Å². The molecule has 146 valence electrons. The second kappa shape index (κ2) is 7.79. The van der Waals surface area contributed by atoms with E-state index in [1.807, 2.05) is 32.0 Å². The summed E-state index contributed by atoms with van der Waals surface area (Å²) in [5.41, 5.74) is 2.54. The molecule has 0 bridgehead atoms.